The van der Waals surface area contributed by atoms with Gasteiger partial charge in [0.15, 0.2) is 0 Å². The first-order chi connectivity index (χ1) is 9.56. The first-order valence-corrected chi connectivity index (χ1v) is 6.97. The average molecular weight is 279 g/mol. The number of aromatic hydroxyl groups is 2. The zero-order valence-corrected chi connectivity index (χ0v) is 11.4. The van der Waals surface area contributed by atoms with Crippen molar-refractivity contribution in [2.24, 2.45) is 5.41 Å². The zero-order valence-electron chi connectivity index (χ0n) is 11.4. The molecule has 0 unspecified atom stereocenters. The number of amides is 1. The maximum Gasteiger partial charge on any atom is 0.255 e. The molecule has 0 aromatic heterocycles. The molecular weight excluding hydrogens is 258 g/mol. The molecule has 2 rings (SSSR count). The number of carbonyl (C=O) groups is 1. The van der Waals surface area contributed by atoms with Crippen LogP contribution in [0.5, 0.6) is 11.5 Å². The van der Waals surface area contributed by atoms with Crippen LogP contribution in [-0.2, 0) is 0 Å². The van der Waals surface area contributed by atoms with Crippen molar-refractivity contribution < 1.29 is 20.1 Å². The highest BCUT2D eigenvalue weighted by molar-refractivity contribution is 5.97. The van der Waals surface area contributed by atoms with Crippen LogP contribution in [-0.4, -0.2) is 34.4 Å². The monoisotopic (exact) mass is 279 g/mol. The van der Waals surface area contributed by atoms with Gasteiger partial charge in [-0.1, -0.05) is 19.3 Å². The predicted octanol–water partition coefficient (Wildman–Crippen LogP) is 1.77. The van der Waals surface area contributed by atoms with Crippen LogP contribution in [0.1, 0.15) is 42.5 Å². The Morgan fingerprint density at radius 2 is 1.90 bits per heavy atom. The molecule has 5 heteroatoms. The number of nitrogens with one attached hydrogen (secondary N) is 1. The molecule has 1 amide bonds. The minimum absolute atomic E-state index is 0.0499. The van der Waals surface area contributed by atoms with Crippen molar-refractivity contribution in [2.45, 2.75) is 32.1 Å². The molecule has 1 saturated carbocycles. The summed E-state index contributed by atoms with van der Waals surface area (Å²) in [5.74, 6) is -0.665. The topological polar surface area (TPSA) is 89.8 Å². The summed E-state index contributed by atoms with van der Waals surface area (Å²) < 4.78 is 0. The predicted molar refractivity (Wildman–Crippen MR) is 74.7 cm³/mol. The largest absolute Gasteiger partial charge is 0.508 e. The summed E-state index contributed by atoms with van der Waals surface area (Å²) in [6.45, 7) is 0.441. The average Bonchev–Trinajstić information content (AvgIpc) is 2.48. The lowest BCUT2D eigenvalue weighted by Gasteiger charge is -2.35. The Morgan fingerprint density at radius 1 is 1.20 bits per heavy atom. The molecule has 1 aromatic carbocycles. The summed E-state index contributed by atoms with van der Waals surface area (Å²) in [4.78, 5) is 12.1. The number of rotatable bonds is 4. The van der Waals surface area contributed by atoms with Crippen LogP contribution in [0.4, 0.5) is 0 Å². The maximum atomic E-state index is 12.1. The van der Waals surface area contributed by atoms with Crippen molar-refractivity contribution in [3.05, 3.63) is 23.8 Å². The quantitative estimate of drug-likeness (QED) is 0.632. The van der Waals surface area contributed by atoms with E-state index in [2.05, 4.69) is 5.32 Å². The summed E-state index contributed by atoms with van der Waals surface area (Å²) in [7, 11) is 0. The number of aliphatic hydroxyl groups is 1. The van der Waals surface area contributed by atoms with Crippen molar-refractivity contribution in [3.8, 4) is 11.5 Å². The molecule has 4 N–H and O–H groups in total. The molecule has 1 aliphatic carbocycles. The Labute approximate surface area is 118 Å². The van der Waals surface area contributed by atoms with Crippen LogP contribution in [0.2, 0.25) is 0 Å². The van der Waals surface area contributed by atoms with Crippen molar-refractivity contribution in [1.29, 1.82) is 0 Å². The lowest BCUT2D eigenvalue weighted by molar-refractivity contribution is 0.0716. The van der Waals surface area contributed by atoms with E-state index in [-0.39, 0.29) is 29.1 Å². The van der Waals surface area contributed by atoms with E-state index in [0.29, 0.717) is 6.54 Å². The number of phenolic OH excluding ortho intramolecular Hbond substituents is 2. The molecule has 20 heavy (non-hydrogen) atoms. The molecule has 1 aliphatic rings. The van der Waals surface area contributed by atoms with Crippen molar-refractivity contribution in [3.63, 3.8) is 0 Å². The normalized spacial score (nSPS) is 17.6. The third-order valence-corrected chi connectivity index (χ3v) is 4.10. The second kappa shape index (κ2) is 6.13. The Hall–Kier alpha value is -1.75. The first kappa shape index (κ1) is 14.7. The van der Waals surface area contributed by atoms with E-state index in [9.17, 15) is 20.1 Å². The van der Waals surface area contributed by atoms with Gasteiger partial charge < -0.3 is 20.6 Å². The van der Waals surface area contributed by atoms with Crippen LogP contribution < -0.4 is 5.32 Å². The highest BCUT2D eigenvalue weighted by Gasteiger charge is 2.32. The van der Waals surface area contributed by atoms with Crippen LogP contribution in [0.15, 0.2) is 18.2 Å². The summed E-state index contributed by atoms with van der Waals surface area (Å²) in [5, 5.41) is 31.4. The second-order valence-electron chi connectivity index (χ2n) is 5.60. The van der Waals surface area contributed by atoms with Crippen molar-refractivity contribution in [1.82, 2.24) is 5.32 Å². The third-order valence-electron chi connectivity index (χ3n) is 4.10. The molecule has 0 heterocycles. The number of benzene rings is 1. The Morgan fingerprint density at radius 3 is 2.55 bits per heavy atom. The number of carbonyl (C=O) groups excluding carboxylic acids is 1. The van der Waals surface area contributed by atoms with Gasteiger partial charge in [-0.25, -0.2) is 0 Å². The van der Waals surface area contributed by atoms with Gasteiger partial charge in [-0.3, -0.25) is 4.79 Å². The first-order valence-electron chi connectivity index (χ1n) is 6.97. The molecule has 0 spiro atoms. The van der Waals surface area contributed by atoms with E-state index in [1.807, 2.05) is 0 Å². The van der Waals surface area contributed by atoms with Crippen molar-refractivity contribution in [2.75, 3.05) is 13.2 Å². The van der Waals surface area contributed by atoms with Gasteiger partial charge in [0.2, 0.25) is 0 Å². The van der Waals surface area contributed by atoms with Crippen molar-refractivity contribution >= 4 is 5.91 Å². The highest BCUT2D eigenvalue weighted by Crippen LogP contribution is 2.35. The fourth-order valence-electron chi connectivity index (χ4n) is 2.76. The number of hydrogen-bond acceptors (Lipinski definition) is 4. The number of hydrogen-bond donors (Lipinski definition) is 4. The molecule has 5 nitrogen and oxygen atoms in total. The maximum absolute atomic E-state index is 12.1. The molecular formula is C15H21NO4. The molecule has 110 valence electrons. The molecule has 1 aromatic rings. The Bertz CT molecular complexity index is 481. The van der Waals surface area contributed by atoms with Gasteiger partial charge in [0.1, 0.15) is 11.5 Å². The molecule has 0 atom stereocenters. The van der Waals surface area contributed by atoms with Gasteiger partial charge in [0.05, 0.1) is 12.2 Å². The standard InChI is InChI=1S/C15H21NO4/c17-10-15(6-2-1-3-7-15)9-16-14(20)12-8-11(18)4-5-13(12)19/h4-5,8,17-19H,1-3,6-7,9-10H2,(H,16,20). The summed E-state index contributed by atoms with van der Waals surface area (Å²) in [6, 6.07) is 3.84. The van der Waals surface area contributed by atoms with Crippen LogP contribution in [0.25, 0.3) is 0 Å². The van der Waals surface area contributed by atoms with E-state index in [1.165, 1.54) is 24.6 Å². The van der Waals surface area contributed by atoms with E-state index in [4.69, 9.17) is 0 Å². The fraction of sp³-hybridized carbons (Fsp3) is 0.533. The lowest BCUT2D eigenvalue weighted by Crippen LogP contribution is -2.41. The van der Waals surface area contributed by atoms with Gasteiger partial charge in [-0.15, -0.1) is 0 Å². The van der Waals surface area contributed by atoms with Crippen LogP contribution in [0.3, 0.4) is 0 Å². The molecule has 0 saturated heterocycles. The number of aliphatic hydroxyl groups excluding tert-OH is 1. The fourth-order valence-corrected chi connectivity index (χ4v) is 2.76. The van der Waals surface area contributed by atoms with Gasteiger partial charge in [0.25, 0.3) is 5.91 Å². The zero-order chi connectivity index (χ0) is 14.6. The summed E-state index contributed by atoms with van der Waals surface area (Å²) in [5.41, 5.74) is -0.200. The van der Waals surface area contributed by atoms with E-state index < -0.39 is 5.91 Å². The van der Waals surface area contributed by atoms with E-state index >= 15 is 0 Å². The van der Waals surface area contributed by atoms with Gasteiger partial charge in [-0.05, 0) is 31.0 Å². The molecule has 0 bridgehead atoms. The van der Waals surface area contributed by atoms with Gasteiger partial charge in [-0.2, -0.15) is 0 Å². The lowest BCUT2D eigenvalue weighted by atomic mass is 9.74. The second-order valence-corrected chi connectivity index (χ2v) is 5.60. The Balaban J connectivity index is 2.02. The molecule has 1 fully saturated rings. The number of phenols is 2. The summed E-state index contributed by atoms with van der Waals surface area (Å²) >= 11 is 0. The van der Waals surface area contributed by atoms with Gasteiger partial charge >= 0.3 is 0 Å². The van der Waals surface area contributed by atoms with Gasteiger partial charge in [0, 0.05) is 12.0 Å². The van der Waals surface area contributed by atoms with E-state index in [1.54, 1.807) is 0 Å². The molecule has 0 aliphatic heterocycles. The summed E-state index contributed by atoms with van der Waals surface area (Å²) in [6.07, 6.45) is 5.09. The SMILES string of the molecule is O=C(NCC1(CO)CCCCC1)c1cc(O)ccc1O. The minimum atomic E-state index is -0.434. The van der Waals surface area contributed by atoms with E-state index in [0.717, 1.165) is 25.7 Å². The Kier molecular flexibility index (Phi) is 4.49. The minimum Gasteiger partial charge on any atom is -0.508 e. The smallest absolute Gasteiger partial charge is 0.255 e. The highest BCUT2D eigenvalue weighted by atomic mass is 16.3. The third kappa shape index (κ3) is 3.22. The molecule has 0 radical (unpaired) electrons. The van der Waals surface area contributed by atoms with Crippen LogP contribution in [0, 0.1) is 5.41 Å². The van der Waals surface area contributed by atoms with Crippen LogP contribution >= 0.6 is 0 Å².